The molecule has 0 fully saturated rings. The first kappa shape index (κ1) is 18.3. The maximum absolute atomic E-state index is 5.30. The summed E-state index contributed by atoms with van der Waals surface area (Å²) in [5.74, 6) is 0.841. The summed E-state index contributed by atoms with van der Waals surface area (Å²) in [5.41, 5.74) is 5.57. The molecule has 0 atom stereocenters. The number of benzene rings is 2. The molecule has 0 aliphatic rings. The third kappa shape index (κ3) is 3.99. The molecule has 0 unspecified atom stereocenters. The lowest BCUT2D eigenvalue weighted by Crippen LogP contribution is -2.21. The largest absolute Gasteiger partial charge is 0.497 e. The van der Waals surface area contributed by atoms with Crippen molar-refractivity contribution >= 4 is 27.8 Å². The standard InChI is InChI=1S/C21H25N3OS/c1-5-24(6-2)17-10-11-19(15(3)12-17)22-21-23-20(14-26-21)16-8-7-9-18(13-16)25-4/h7-14H,5-6H2,1-4H3,(H,22,23). The number of hydrogen-bond acceptors (Lipinski definition) is 5. The predicted octanol–water partition coefficient (Wildman–Crippen LogP) is 5.72. The van der Waals surface area contributed by atoms with E-state index in [1.165, 1.54) is 11.3 Å². The first-order chi connectivity index (χ1) is 12.6. The molecule has 0 saturated carbocycles. The molecular formula is C21H25N3OS. The van der Waals surface area contributed by atoms with Gasteiger partial charge in [0.1, 0.15) is 5.75 Å². The summed E-state index contributed by atoms with van der Waals surface area (Å²) < 4.78 is 5.30. The number of ether oxygens (including phenoxy) is 1. The highest BCUT2D eigenvalue weighted by molar-refractivity contribution is 7.14. The van der Waals surface area contributed by atoms with Gasteiger partial charge >= 0.3 is 0 Å². The van der Waals surface area contributed by atoms with Crippen LogP contribution in [0.4, 0.5) is 16.5 Å². The maximum atomic E-state index is 5.30. The lowest BCUT2D eigenvalue weighted by molar-refractivity contribution is 0.415. The molecule has 0 aliphatic heterocycles. The first-order valence-corrected chi connectivity index (χ1v) is 9.75. The van der Waals surface area contributed by atoms with Gasteiger partial charge in [0.15, 0.2) is 5.13 Å². The molecule has 0 amide bonds. The SMILES string of the molecule is CCN(CC)c1ccc(Nc2nc(-c3cccc(OC)c3)cs2)c(C)c1. The minimum Gasteiger partial charge on any atom is -0.497 e. The van der Waals surface area contributed by atoms with Crippen LogP contribution in [-0.2, 0) is 0 Å². The Balaban J connectivity index is 1.78. The van der Waals surface area contributed by atoms with E-state index in [9.17, 15) is 0 Å². The van der Waals surface area contributed by atoms with Gasteiger partial charge in [-0.05, 0) is 56.7 Å². The van der Waals surface area contributed by atoms with Gasteiger partial charge in [-0.2, -0.15) is 0 Å². The molecule has 0 spiro atoms. The monoisotopic (exact) mass is 367 g/mol. The quantitative estimate of drug-likeness (QED) is 0.580. The van der Waals surface area contributed by atoms with Crippen LogP contribution in [0.5, 0.6) is 5.75 Å². The molecule has 0 saturated heterocycles. The number of nitrogens with zero attached hydrogens (tertiary/aromatic N) is 2. The normalized spacial score (nSPS) is 10.6. The maximum Gasteiger partial charge on any atom is 0.187 e. The minimum absolute atomic E-state index is 0.841. The zero-order valence-corrected chi connectivity index (χ0v) is 16.6. The minimum atomic E-state index is 0.841. The lowest BCUT2D eigenvalue weighted by atomic mass is 10.1. The molecular weight excluding hydrogens is 342 g/mol. The van der Waals surface area contributed by atoms with E-state index in [0.29, 0.717) is 0 Å². The summed E-state index contributed by atoms with van der Waals surface area (Å²) in [6.45, 7) is 8.52. The van der Waals surface area contributed by atoms with Gasteiger partial charge in [0.05, 0.1) is 12.8 Å². The van der Waals surface area contributed by atoms with Gasteiger partial charge in [-0.15, -0.1) is 11.3 Å². The molecule has 3 rings (SSSR count). The van der Waals surface area contributed by atoms with E-state index in [0.717, 1.165) is 40.9 Å². The van der Waals surface area contributed by atoms with Crippen LogP contribution in [0.3, 0.4) is 0 Å². The van der Waals surface area contributed by atoms with Gasteiger partial charge in [0, 0.05) is 35.4 Å². The fourth-order valence-electron chi connectivity index (χ4n) is 2.93. The summed E-state index contributed by atoms with van der Waals surface area (Å²) in [5, 5.41) is 6.41. The van der Waals surface area contributed by atoms with Crippen LogP contribution in [0, 0.1) is 6.92 Å². The molecule has 2 aromatic carbocycles. The third-order valence-corrected chi connectivity index (χ3v) is 5.21. The van der Waals surface area contributed by atoms with Crippen LogP contribution < -0.4 is 15.0 Å². The number of nitrogens with one attached hydrogen (secondary N) is 1. The molecule has 0 radical (unpaired) electrons. The van der Waals surface area contributed by atoms with Crippen molar-refractivity contribution in [3.05, 3.63) is 53.4 Å². The molecule has 5 heteroatoms. The Morgan fingerprint density at radius 2 is 1.92 bits per heavy atom. The molecule has 136 valence electrons. The Labute approximate surface area is 159 Å². The third-order valence-electron chi connectivity index (χ3n) is 4.45. The summed E-state index contributed by atoms with van der Waals surface area (Å²) in [4.78, 5) is 7.07. The van der Waals surface area contributed by atoms with Crippen molar-refractivity contribution in [1.29, 1.82) is 0 Å². The van der Waals surface area contributed by atoms with Crippen LogP contribution >= 0.6 is 11.3 Å². The van der Waals surface area contributed by atoms with Crippen LogP contribution in [0.15, 0.2) is 47.8 Å². The van der Waals surface area contributed by atoms with Gasteiger partial charge < -0.3 is 15.0 Å². The van der Waals surface area contributed by atoms with Crippen molar-refractivity contribution in [2.45, 2.75) is 20.8 Å². The fraction of sp³-hybridized carbons (Fsp3) is 0.286. The number of hydrogen-bond donors (Lipinski definition) is 1. The number of aryl methyl sites for hydroxylation is 1. The highest BCUT2D eigenvalue weighted by atomic mass is 32.1. The highest BCUT2D eigenvalue weighted by Gasteiger charge is 2.09. The first-order valence-electron chi connectivity index (χ1n) is 8.87. The number of anilines is 3. The number of thiazole rings is 1. The molecule has 26 heavy (non-hydrogen) atoms. The molecule has 1 N–H and O–H groups in total. The van der Waals surface area contributed by atoms with Gasteiger partial charge in [0.2, 0.25) is 0 Å². The Morgan fingerprint density at radius 1 is 1.12 bits per heavy atom. The number of aromatic nitrogens is 1. The smallest absolute Gasteiger partial charge is 0.187 e. The molecule has 0 bridgehead atoms. The average molecular weight is 368 g/mol. The van der Waals surface area contributed by atoms with Crippen LogP contribution in [0.1, 0.15) is 19.4 Å². The van der Waals surface area contributed by atoms with Crippen LogP contribution in [0.25, 0.3) is 11.3 Å². The Bertz CT molecular complexity index is 871. The van der Waals surface area contributed by atoms with Crippen molar-refractivity contribution < 1.29 is 4.74 Å². The second-order valence-electron chi connectivity index (χ2n) is 6.07. The molecule has 0 aliphatic carbocycles. The van der Waals surface area contributed by atoms with Gasteiger partial charge in [-0.1, -0.05) is 12.1 Å². The van der Waals surface area contributed by atoms with Crippen molar-refractivity contribution in [2.24, 2.45) is 0 Å². The predicted molar refractivity (Wildman–Crippen MR) is 112 cm³/mol. The second kappa shape index (κ2) is 8.23. The number of rotatable bonds is 7. The van der Waals surface area contributed by atoms with Crippen LogP contribution in [0.2, 0.25) is 0 Å². The van der Waals surface area contributed by atoms with Crippen LogP contribution in [-0.4, -0.2) is 25.2 Å². The highest BCUT2D eigenvalue weighted by Crippen LogP contribution is 2.31. The van der Waals surface area contributed by atoms with Gasteiger partial charge in [-0.25, -0.2) is 4.98 Å². The van der Waals surface area contributed by atoms with E-state index < -0.39 is 0 Å². The molecule has 1 heterocycles. The Kier molecular flexibility index (Phi) is 5.78. The Morgan fingerprint density at radius 3 is 2.62 bits per heavy atom. The summed E-state index contributed by atoms with van der Waals surface area (Å²) >= 11 is 1.61. The van der Waals surface area contributed by atoms with E-state index in [-0.39, 0.29) is 0 Å². The van der Waals surface area contributed by atoms with Gasteiger partial charge in [0.25, 0.3) is 0 Å². The van der Waals surface area contributed by atoms with E-state index in [4.69, 9.17) is 9.72 Å². The van der Waals surface area contributed by atoms with Gasteiger partial charge in [-0.3, -0.25) is 0 Å². The van der Waals surface area contributed by atoms with Crippen molar-refractivity contribution in [3.8, 4) is 17.0 Å². The molecule has 3 aromatic rings. The summed E-state index contributed by atoms with van der Waals surface area (Å²) in [7, 11) is 1.68. The topological polar surface area (TPSA) is 37.4 Å². The van der Waals surface area contributed by atoms with E-state index in [1.807, 2.05) is 24.3 Å². The van der Waals surface area contributed by atoms with Crippen molar-refractivity contribution in [2.75, 3.05) is 30.4 Å². The zero-order chi connectivity index (χ0) is 18.5. The summed E-state index contributed by atoms with van der Waals surface area (Å²) in [6, 6.07) is 14.5. The number of methoxy groups -OCH3 is 1. The summed E-state index contributed by atoms with van der Waals surface area (Å²) in [6.07, 6.45) is 0. The van der Waals surface area contributed by atoms with E-state index in [2.05, 4.69) is 54.6 Å². The molecule has 4 nitrogen and oxygen atoms in total. The average Bonchev–Trinajstić information content (AvgIpc) is 3.13. The van der Waals surface area contributed by atoms with Crippen molar-refractivity contribution in [1.82, 2.24) is 4.98 Å². The van der Waals surface area contributed by atoms with E-state index >= 15 is 0 Å². The lowest BCUT2D eigenvalue weighted by Gasteiger charge is -2.22. The molecule has 1 aromatic heterocycles. The zero-order valence-electron chi connectivity index (χ0n) is 15.7. The van der Waals surface area contributed by atoms with E-state index in [1.54, 1.807) is 18.4 Å². The fourth-order valence-corrected chi connectivity index (χ4v) is 3.67. The Hall–Kier alpha value is -2.53. The van der Waals surface area contributed by atoms with Crippen molar-refractivity contribution in [3.63, 3.8) is 0 Å². The second-order valence-corrected chi connectivity index (χ2v) is 6.92.